The number of carbonyl (C=O) groups is 1. The van der Waals surface area contributed by atoms with Crippen LogP contribution in [0.3, 0.4) is 0 Å². The number of likely N-dealkylation sites (N-methyl/N-ethyl adjacent to an activating group) is 1. The van der Waals surface area contributed by atoms with E-state index >= 15 is 0 Å². The van der Waals surface area contributed by atoms with Crippen LogP contribution < -0.4 is 5.32 Å². The summed E-state index contributed by atoms with van der Waals surface area (Å²) in [5, 5.41) is 2.07. The fourth-order valence-corrected chi connectivity index (χ4v) is 1.72. The normalized spacial score (nSPS) is 14.0. The van der Waals surface area contributed by atoms with E-state index in [1.807, 2.05) is 0 Å². The van der Waals surface area contributed by atoms with Gasteiger partial charge in [0.1, 0.15) is 6.04 Å². The van der Waals surface area contributed by atoms with Gasteiger partial charge in [0.25, 0.3) is 0 Å². The van der Waals surface area contributed by atoms with Crippen molar-refractivity contribution in [3.63, 3.8) is 0 Å². The standard InChI is InChI=1S/C9H17N2O6P.U.V/c1-4-5-16-18(14,15)17-6-8(10-7-12)9(13)11(2)3;;/h8H,1,4-6H2,2-3H3,(H,10,12)(H,14,15);;/q-2;;. The Labute approximate surface area is 154 Å². The minimum atomic E-state index is -4.24. The maximum Gasteiger partial charge on any atom is 0.472 e. The molecule has 20 heavy (non-hydrogen) atoms. The summed E-state index contributed by atoms with van der Waals surface area (Å²) in [6.07, 6.45) is 1.63. The van der Waals surface area contributed by atoms with Crippen molar-refractivity contribution in [2.45, 2.75) is 12.5 Å². The molecule has 0 aliphatic rings. The summed E-state index contributed by atoms with van der Waals surface area (Å²) in [5.74, 6) is -0.490. The van der Waals surface area contributed by atoms with Crippen molar-refractivity contribution in [2.24, 2.45) is 0 Å². The Kier molecular flexibility index (Phi) is 17.1. The quantitative estimate of drug-likeness (QED) is 0.220. The summed E-state index contributed by atoms with van der Waals surface area (Å²) in [5.41, 5.74) is 0. The van der Waals surface area contributed by atoms with Gasteiger partial charge in [0, 0.05) is 70.4 Å². The molecular formula is C9H17N2O6PUV-2. The third-order valence-electron chi connectivity index (χ3n) is 1.78. The van der Waals surface area contributed by atoms with Crippen LogP contribution in [0.1, 0.15) is 6.42 Å². The van der Waals surface area contributed by atoms with Gasteiger partial charge < -0.3 is 26.8 Å². The van der Waals surface area contributed by atoms with Crippen molar-refractivity contribution in [1.82, 2.24) is 10.2 Å². The fraction of sp³-hybridized carbons (Fsp3) is 0.667. The van der Waals surface area contributed by atoms with Gasteiger partial charge in [0.2, 0.25) is 5.91 Å². The summed E-state index contributed by atoms with van der Waals surface area (Å²) >= 11 is 0. The van der Waals surface area contributed by atoms with Gasteiger partial charge in [0.05, 0.1) is 6.61 Å². The van der Waals surface area contributed by atoms with Crippen LogP contribution in [0.2, 0.25) is 0 Å². The van der Waals surface area contributed by atoms with E-state index in [4.69, 9.17) is 0 Å². The number of rotatable bonds is 9. The van der Waals surface area contributed by atoms with Crippen LogP contribution in [0, 0.1) is 38.0 Å². The molecule has 0 aromatic carbocycles. The summed E-state index contributed by atoms with van der Waals surface area (Å²) in [4.78, 5) is 32.2. The number of carbonyl (C=O) groups excluding carboxylic acids is 2. The van der Waals surface area contributed by atoms with E-state index in [-0.39, 0.29) is 56.3 Å². The molecule has 0 aromatic heterocycles. The summed E-state index contributed by atoms with van der Waals surface area (Å²) in [7, 11) is -1.29. The Hall–Kier alpha value is 0.686. The van der Waals surface area contributed by atoms with E-state index in [9.17, 15) is 19.0 Å². The number of hydrogen-bond donors (Lipinski definition) is 2. The van der Waals surface area contributed by atoms with Crippen LogP contribution in [0.25, 0.3) is 0 Å². The van der Waals surface area contributed by atoms with Crippen LogP contribution >= 0.6 is 7.82 Å². The number of amides is 2. The molecule has 0 spiro atoms. The monoisotopic (exact) mass is 569 g/mol. The molecule has 0 aliphatic heterocycles. The minimum Gasteiger partial charge on any atom is -0.520 e. The molecule has 0 saturated carbocycles. The largest absolute Gasteiger partial charge is 0.520 e. The zero-order valence-electron chi connectivity index (χ0n) is 11.2. The van der Waals surface area contributed by atoms with E-state index in [0.29, 0.717) is 6.42 Å². The smallest absolute Gasteiger partial charge is 0.472 e. The zero-order valence-corrected chi connectivity index (χ0v) is 17.7. The van der Waals surface area contributed by atoms with Gasteiger partial charge in [-0.1, -0.05) is 0 Å². The number of phosphoric ester groups is 1. The van der Waals surface area contributed by atoms with E-state index < -0.39 is 26.4 Å². The molecule has 8 nitrogen and oxygen atoms in total. The Morgan fingerprint density at radius 2 is 2.05 bits per heavy atom. The van der Waals surface area contributed by atoms with E-state index in [1.165, 1.54) is 25.4 Å². The van der Waals surface area contributed by atoms with Gasteiger partial charge in [-0.05, 0) is 0 Å². The van der Waals surface area contributed by atoms with Gasteiger partial charge in [-0.2, -0.15) is 12.8 Å². The molecule has 2 unspecified atom stereocenters. The predicted molar refractivity (Wildman–Crippen MR) is 63.0 cm³/mol. The fourth-order valence-electron chi connectivity index (χ4n) is 0.943. The van der Waals surface area contributed by atoms with Gasteiger partial charge in [-0.25, -0.2) is 4.57 Å². The maximum atomic E-state index is 11.5. The van der Waals surface area contributed by atoms with Crippen LogP contribution in [0.4, 0.5) is 0 Å². The molecule has 0 saturated heterocycles. The van der Waals surface area contributed by atoms with Crippen molar-refractivity contribution in [3.05, 3.63) is 6.92 Å². The van der Waals surface area contributed by atoms with Gasteiger partial charge in [0.15, 0.2) is 0 Å². The first kappa shape index (κ1) is 25.6. The third-order valence-corrected chi connectivity index (χ3v) is 2.76. The summed E-state index contributed by atoms with van der Waals surface area (Å²) < 4.78 is 20.4. The molecule has 11 heteroatoms. The SMILES string of the molecule is [CH2-]CCOP(=O)(O)OCC(N[C-]=O)C(=O)N(C)C.[U].[V]. The average molecular weight is 569 g/mol. The molecule has 1 radical (unpaired) electrons. The number of nitrogens with one attached hydrogen (secondary N) is 1. The van der Waals surface area contributed by atoms with Gasteiger partial charge in [-0.3, -0.25) is 13.8 Å². The van der Waals surface area contributed by atoms with Gasteiger partial charge in [-0.15, -0.1) is 0 Å². The van der Waals surface area contributed by atoms with Crippen molar-refractivity contribution in [1.29, 1.82) is 0 Å². The van der Waals surface area contributed by atoms with Crippen molar-refractivity contribution >= 4 is 20.1 Å². The second-order valence-electron chi connectivity index (χ2n) is 3.48. The van der Waals surface area contributed by atoms with E-state index in [2.05, 4.69) is 21.3 Å². The molecule has 0 bridgehead atoms. The number of hydrogen-bond acceptors (Lipinski definition) is 5. The summed E-state index contributed by atoms with van der Waals surface area (Å²) in [6.45, 7) is 2.89. The molecule has 2 N–H and O–H groups in total. The van der Waals surface area contributed by atoms with Crippen LogP contribution in [-0.2, 0) is 41.8 Å². The van der Waals surface area contributed by atoms with Crippen molar-refractivity contribution in [3.8, 4) is 0 Å². The number of nitrogens with zero attached hydrogens (tertiary/aromatic N) is 1. The second kappa shape index (κ2) is 13.4. The van der Waals surface area contributed by atoms with Crippen molar-refractivity contribution in [2.75, 3.05) is 27.3 Å². The van der Waals surface area contributed by atoms with Crippen LogP contribution in [0.5, 0.6) is 0 Å². The minimum absolute atomic E-state index is 0. The molecule has 0 fully saturated rings. The van der Waals surface area contributed by atoms with Gasteiger partial charge >= 0.3 is 7.82 Å². The van der Waals surface area contributed by atoms with Crippen LogP contribution in [0.15, 0.2) is 0 Å². The topological polar surface area (TPSA) is 105 Å². The zero-order chi connectivity index (χ0) is 14.2. The van der Waals surface area contributed by atoms with E-state index in [0.717, 1.165) is 0 Å². The number of phosphoric acid groups is 1. The molecule has 2 amide bonds. The Balaban J connectivity index is -0.00000144. The molecule has 2 atom stereocenters. The first-order valence-electron chi connectivity index (χ1n) is 5.09. The van der Waals surface area contributed by atoms with E-state index in [1.54, 1.807) is 0 Å². The van der Waals surface area contributed by atoms with Crippen molar-refractivity contribution < 1.29 is 77.8 Å². The Morgan fingerprint density at radius 1 is 1.50 bits per heavy atom. The Morgan fingerprint density at radius 3 is 2.45 bits per heavy atom. The molecule has 0 heterocycles. The molecule has 0 aromatic rings. The first-order valence-corrected chi connectivity index (χ1v) is 6.58. The van der Waals surface area contributed by atoms with Crippen LogP contribution in [-0.4, -0.2) is 55.5 Å². The molecular weight excluding hydrogens is 552 g/mol. The second-order valence-corrected chi connectivity index (χ2v) is 4.94. The molecule has 0 aliphatic carbocycles. The summed E-state index contributed by atoms with van der Waals surface area (Å²) in [6, 6.07) is -1.10. The molecule has 0 rings (SSSR count). The Bertz CT molecular complexity index is 334. The first-order chi connectivity index (χ1) is 8.34. The third kappa shape index (κ3) is 11.4. The average Bonchev–Trinajstić information content (AvgIpc) is 2.31. The predicted octanol–water partition coefficient (Wildman–Crippen LogP) is -0.545. The maximum absolute atomic E-state index is 11.5. The molecule has 115 valence electrons.